The van der Waals surface area contributed by atoms with Gasteiger partial charge in [-0.1, -0.05) is 29.8 Å². The van der Waals surface area contributed by atoms with Crippen LogP contribution in [0.2, 0.25) is 0 Å². The fraction of sp³-hybridized carbons (Fsp3) is 0.222. The number of carbonyl (C=O) groups is 1. The van der Waals surface area contributed by atoms with Gasteiger partial charge in [-0.25, -0.2) is 4.79 Å². The molecule has 0 radical (unpaired) electrons. The molecule has 1 aromatic carbocycles. The summed E-state index contributed by atoms with van der Waals surface area (Å²) < 4.78 is 4.94. The van der Waals surface area contributed by atoms with Gasteiger partial charge in [0.05, 0.1) is 0 Å². The molecule has 0 saturated carbocycles. The molecule has 1 fully saturated rings. The van der Waals surface area contributed by atoms with Gasteiger partial charge in [0.2, 0.25) is 0 Å². The van der Waals surface area contributed by atoms with Crippen LogP contribution >= 0.6 is 0 Å². The van der Waals surface area contributed by atoms with Crippen molar-refractivity contribution in [2.45, 2.75) is 13.2 Å². The summed E-state index contributed by atoms with van der Waals surface area (Å²) in [5, 5.41) is 0. The van der Waals surface area contributed by atoms with Crippen molar-refractivity contribution in [3.63, 3.8) is 0 Å². The maximum atomic E-state index is 10.7. The number of rotatable bonds is 1. The third-order valence-electron chi connectivity index (χ3n) is 1.88. The molecule has 0 aliphatic carbocycles. The van der Waals surface area contributed by atoms with Crippen molar-refractivity contribution in [1.29, 1.82) is 0 Å². The van der Waals surface area contributed by atoms with E-state index in [1.807, 2.05) is 31.2 Å². The van der Waals surface area contributed by atoms with Crippen LogP contribution in [0.1, 0.15) is 17.4 Å². The van der Waals surface area contributed by atoms with Gasteiger partial charge in [0.15, 0.2) is 6.23 Å². The van der Waals surface area contributed by atoms with Crippen LogP contribution in [0.4, 0.5) is 4.79 Å². The molecular weight excluding hydrogens is 168 g/mol. The number of hydrogen-bond donors (Lipinski definition) is 2. The van der Waals surface area contributed by atoms with Crippen LogP contribution in [0.15, 0.2) is 24.3 Å². The summed E-state index contributed by atoms with van der Waals surface area (Å²) in [6, 6.07) is 7.80. The zero-order chi connectivity index (χ0) is 9.26. The van der Waals surface area contributed by atoms with E-state index >= 15 is 0 Å². The average Bonchev–Trinajstić information content (AvgIpc) is 2.52. The lowest BCUT2D eigenvalue weighted by molar-refractivity contribution is 0.130. The number of hydrazine groups is 1. The van der Waals surface area contributed by atoms with Gasteiger partial charge in [-0.3, -0.25) is 5.43 Å². The Hall–Kier alpha value is -1.55. The highest BCUT2D eigenvalue weighted by Gasteiger charge is 2.22. The first-order chi connectivity index (χ1) is 6.25. The summed E-state index contributed by atoms with van der Waals surface area (Å²) in [4.78, 5) is 10.7. The third kappa shape index (κ3) is 1.62. The smallest absolute Gasteiger partial charge is 0.423 e. The number of hydrogen-bond acceptors (Lipinski definition) is 3. The molecule has 4 nitrogen and oxygen atoms in total. The topological polar surface area (TPSA) is 50.4 Å². The number of amides is 1. The molecule has 1 heterocycles. The van der Waals surface area contributed by atoms with Crippen molar-refractivity contribution in [2.24, 2.45) is 0 Å². The van der Waals surface area contributed by atoms with E-state index < -0.39 is 6.09 Å². The highest BCUT2D eigenvalue weighted by Crippen LogP contribution is 2.17. The molecule has 1 amide bonds. The number of cyclic esters (lactones) is 1. The summed E-state index contributed by atoms with van der Waals surface area (Å²) in [6.45, 7) is 1.99. The van der Waals surface area contributed by atoms with E-state index in [0.717, 1.165) is 11.1 Å². The molecule has 1 atom stereocenters. The van der Waals surface area contributed by atoms with E-state index in [4.69, 9.17) is 4.74 Å². The summed E-state index contributed by atoms with van der Waals surface area (Å²) >= 11 is 0. The van der Waals surface area contributed by atoms with Gasteiger partial charge in [-0.05, 0) is 6.92 Å². The minimum Gasteiger partial charge on any atom is -0.423 e. The minimum absolute atomic E-state index is 0.368. The first-order valence-corrected chi connectivity index (χ1v) is 4.04. The number of nitrogens with one attached hydrogen (secondary N) is 2. The molecule has 2 rings (SSSR count). The van der Waals surface area contributed by atoms with Crippen molar-refractivity contribution < 1.29 is 9.53 Å². The molecule has 1 aliphatic rings. The minimum atomic E-state index is -0.438. The summed E-state index contributed by atoms with van der Waals surface area (Å²) in [5.41, 5.74) is 7.19. The Kier molecular flexibility index (Phi) is 1.90. The average molecular weight is 178 g/mol. The predicted octanol–water partition coefficient (Wildman–Crippen LogP) is 1.24. The number of aryl methyl sites for hydroxylation is 1. The molecule has 1 saturated heterocycles. The largest absolute Gasteiger partial charge is 0.423 e. The Labute approximate surface area is 75.9 Å². The van der Waals surface area contributed by atoms with Gasteiger partial charge < -0.3 is 4.74 Å². The van der Waals surface area contributed by atoms with Crippen molar-refractivity contribution in [1.82, 2.24) is 10.9 Å². The second kappa shape index (κ2) is 3.06. The summed E-state index contributed by atoms with van der Waals surface area (Å²) in [5.74, 6) is 0. The molecular formula is C9H10N2O2. The quantitative estimate of drug-likeness (QED) is 0.680. The monoisotopic (exact) mass is 178 g/mol. The van der Waals surface area contributed by atoms with Crippen LogP contribution < -0.4 is 10.9 Å². The third-order valence-corrected chi connectivity index (χ3v) is 1.88. The zero-order valence-electron chi connectivity index (χ0n) is 7.20. The molecule has 13 heavy (non-hydrogen) atoms. The summed E-state index contributed by atoms with van der Waals surface area (Å²) in [7, 11) is 0. The van der Waals surface area contributed by atoms with Crippen molar-refractivity contribution in [3.8, 4) is 0 Å². The lowest BCUT2D eigenvalue weighted by Gasteiger charge is -2.08. The Bertz CT molecular complexity index is 338. The number of carbonyl (C=O) groups excluding carboxylic acids is 1. The van der Waals surface area contributed by atoms with E-state index in [1.54, 1.807) is 0 Å². The van der Waals surface area contributed by atoms with Gasteiger partial charge >= 0.3 is 6.09 Å². The van der Waals surface area contributed by atoms with E-state index in [9.17, 15) is 4.79 Å². The van der Waals surface area contributed by atoms with Gasteiger partial charge in [-0.15, -0.1) is 0 Å². The molecule has 4 heteroatoms. The van der Waals surface area contributed by atoms with E-state index in [0.29, 0.717) is 0 Å². The lowest BCUT2D eigenvalue weighted by Crippen LogP contribution is -2.26. The molecule has 68 valence electrons. The highest BCUT2D eigenvalue weighted by atomic mass is 16.6. The molecule has 0 spiro atoms. The van der Waals surface area contributed by atoms with Crippen LogP contribution in [0.3, 0.4) is 0 Å². The van der Waals surface area contributed by atoms with Crippen molar-refractivity contribution in [3.05, 3.63) is 35.4 Å². The van der Waals surface area contributed by atoms with E-state index in [-0.39, 0.29) is 6.23 Å². The Morgan fingerprint density at radius 3 is 2.92 bits per heavy atom. The van der Waals surface area contributed by atoms with Crippen LogP contribution in [0, 0.1) is 6.92 Å². The first-order valence-electron chi connectivity index (χ1n) is 4.04. The maximum Gasteiger partial charge on any atom is 0.423 e. The zero-order valence-corrected chi connectivity index (χ0v) is 7.20. The van der Waals surface area contributed by atoms with Crippen LogP contribution in [0.25, 0.3) is 0 Å². The first kappa shape index (κ1) is 8.07. The molecule has 1 aromatic rings. The van der Waals surface area contributed by atoms with Crippen LogP contribution in [-0.2, 0) is 4.74 Å². The van der Waals surface area contributed by atoms with Crippen LogP contribution in [0.5, 0.6) is 0 Å². The fourth-order valence-electron chi connectivity index (χ4n) is 1.28. The Morgan fingerprint density at radius 2 is 2.31 bits per heavy atom. The van der Waals surface area contributed by atoms with Gasteiger partial charge in [0.25, 0.3) is 0 Å². The second-order valence-electron chi connectivity index (χ2n) is 2.97. The number of ether oxygens (including phenoxy) is 1. The maximum absolute atomic E-state index is 10.7. The van der Waals surface area contributed by atoms with Crippen LogP contribution in [-0.4, -0.2) is 6.09 Å². The SMILES string of the molecule is Cc1cccc(C2NNC(=O)O2)c1. The highest BCUT2D eigenvalue weighted by molar-refractivity contribution is 5.68. The number of benzene rings is 1. The lowest BCUT2D eigenvalue weighted by atomic mass is 10.1. The van der Waals surface area contributed by atoms with Crippen molar-refractivity contribution in [2.75, 3.05) is 0 Å². The molecule has 2 N–H and O–H groups in total. The normalized spacial score (nSPS) is 21.0. The molecule has 0 bridgehead atoms. The summed E-state index contributed by atoms with van der Waals surface area (Å²) in [6.07, 6.45) is -0.807. The van der Waals surface area contributed by atoms with Gasteiger partial charge in [0.1, 0.15) is 0 Å². The predicted molar refractivity (Wildman–Crippen MR) is 46.7 cm³/mol. The fourth-order valence-corrected chi connectivity index (χ4v) is 1.28. The Balaban J connectivity index is 2.21. The van der Waals surface area contributed by atoms with Crippen molar-refractivity contribution >= 4 is 6.09 Å². The van der Waals surface area contributed by atoms with Gasteiger partial charge in [0, 0.05) is 5.56 Å². The molecule has 1 aliphatic heterocycles. The standard InChI is InChI=1S/C9H10N2O2/c1-6-3-2-4-7(5-6)8-10-11-9(12)13-8/h2-5,8,10H,1H3,(H,11,12). The van der Waals surface area contributed by atoms with E-state index in [1.165, 1.54) is 0 Å². The second-order valence-corrected chi connectivity index (χ2v) is 2.97. The Morgan fingerprint density at radius 1 is 1.46 bits per heavy atom. The van der Waals surface area contributed by atoms with Gasteiger partial charge in [-0.2, -0.15) is 5.43 Å². The van der Waals surface area contributed by atoms with E-state index in [2.05, 4.69) is 10.9 Å². The molecule has 0 aromatic heterocycles. The molecule has 1 unspecified atom stereocenters.